The predicted octanol–water partition coefficient (Wildman–Crippen LogP) is 4.60. The Hall–Kier alpha value is -4.11. The Kier molecular flexibility index (Phi) is 6.01. The van der Waals surface area contributed by atoms with Crippen LogP contribution in [0.5, 0.6) is 11.5 Å². The topological polar surface area (TPSA) is 95.3 Å². The Bertz CT molecular complexity index is 1350. The van der Waals surface area contributed by atoms with Gasteiger partial charge in [-0.1, -0.05) is 30.0 Å². The lowest BCUT2D eigenvalue weighted by Crippen LogP contribution is -2.07. The van der Waals surface area contributed by atoms with Gasteiger partial charge in [-0.3, -0.25) is 14.2 Å². The van der Waals surface area contributed by atoms with Crippen LogP contribution in [0.15, 0.2) is 78.0 Å². The molecular weight excluding hydrogens is 452 g/mol. The average Bonchev–Trinajstić information content (AvgIpc) is 3.49. The van der Waals surface area contributed by atoms with Crippen molar-refractivity contribution >= 4 is 29.1 Å². The maximum Gasteiger partial charge on any atom is 0.231 e. The van der Waals surface area contributed by atoms with E-state index in [4.69, 9.17) is 9.47 Å². The Labute approximate surface area is 199 Å². The van der Waals surface area contributed by atoms with Crippen LogP contribution in [0.3, 0.4) is 0 Å². The van der Waals surface area contributed by atoms with Gasteiger partial charge in [0, 0.05) is 29.4 Å². The van der Waals surface area contributed by atoms with Crippen LogP contribution in [0.2, 0.25) is 0 Å². The van der Waals surface area contributed by atoms with Crippen LogP contribution in [0.4, 0.5) is 5.69 Å². The minimum absolute atomic E-state index is 0.0494. The first-order chi connectivity index (χ1) is 16.6. The van der Waals surface area contributed by atoms with E-state index in [0.717, 1.165) is 11.3 Å². The van der Waals surface area contributed by atoms with E-state index in [1.165, 1.54) is 18.7 Å². The number of amides is 1. The Morgan fingerprint density at radius 1 is 0.971 bits per heavy atom. The van der Waals surface area contributed by atoms with E-state index in [1.807, 2.05) is 53.1 Å². The molecule has 0 saturated carbocycles. The molecule has 1 amide bonds. The number of nitrogens with one attached hydrogen (secondary N) is 1. The number of nitrogens with zero attached hydrogens (tertiary/aromatic N) is 3. The summed E-state index contributed by atoms with van der Waals surface area (Å²) in [6.07, 6.45) is 0. The summed E-state index contributed by atoms with van der Waals surface area (Å²) >= 11 is 1.31. The highest BCUT2D eigenvalue weighted by Gasteiger charge is 2.20. The molecule has 1 N–H and O–H groups in total. The Balaban J connectivity index is 1.41. The van der Waals surface area contributed by atoms with Crippen molar-refractivity contribution in [2.24, 2.45) is 0 Å². The predicted molar refractivity (Wildman–Crippen MR) is 129 cm³/mol. The van der Waals surface area contributed by atoms with Crippen LogP contribution >= 0.6 is 11.8 Å². The summed E-state index contributed by atoms with van der Waals surface area (Å²) in [6, 6.07) is 22.2. The van der Waals surface area contributed by atoms with Gasteiger partial charge in [-0.15, -0.1) is 10.2 Å². The molecule has 0 atom stereocenters. The Morgan fingerprint density at radius 2 is 1.74 bits per heavy atom. The molecular formula is C25H20N4O4S. The standard InChI is InChI=1S/C25H20N4O4S/c1-16(30)26-19-10-7-17(8-11-19)21(31)14-34-25-28-27-24(29(25)20-5-3-2-4-6-20)18-9-12-22-23(13-18)33-15-32-22/h2-13H,14-15H2,1H3,(H,26,30). The zero-order valence-electron chi connectivity index (χ0n) is 18.2. The molecule has 3 aromatic carbocycles. The van der Waals surface area contributed by atoms with Gasteiger partial charge in [-0.05, 0) is 54.6 Å². The molecule has 0 radical (unpaired) electrons. The van der Waals surface area contributed by atoms with E-state index in [1.54, 1.807) is 24.3 Å². The number of hydrogen-bond donors (Lipinski definition) is 1. The number of ketones is 1. The number of thioether (sulfide) groups is 1. The second-order valence-corrected chi connectivity index (χ2v) is 8.46. The zero-order valence-corrected chi connectivity index (χ0v) is 19.0. The molecule has 1 aliphatic heterocycles. The third-order valence-corrected chi connectivity index (χ3v) is 6.07. The van der Waals surface area contributed by atoms with E-state index in [0.29, 0.717) is 33.7 Å². The highest BCUT2D eigenvalue weighted by atomic mass is 32.2. The van der Waals surface area contributed by atoms with Crippen LogP contribution < -0.4 is 14.8 Å². The summed E-state index contributed by atoms with van der Waals surface area (Å²) in [5.41, 5.74) is 2.92. The van der Waals surface area contributed by atoms with E-state index in [9.17, 15) is 9.59 Å². The molecule has 0 saturated heterocycles. The molecule has 0 unspecified atom stereocenters. The number of aromatic nitrogens is 3. The number of rotatable bonds is 7. The molecule has 5 rings (SSSR count). The molecule has 0 fully saturated rings. The van der Waals surface area contributed by atoms with Gasteiger partial charge in [-0.2, -0.15) is 0 Å². The van der Waals surface area contributed by atoms with Gasteiger partial charge >= 0.3 is 0 Å². The van der Waals surface area contributed by atoms with Gasteiger partial charge in [0.25, 0.3) is 0 Å². The zero-order chi connectivity index (χ0) is 23.5. The number of ether oxygens (including phenoxy) is 2. The molecule has 1 aromatic heterocycles. The van der Waals surface area contributed by atoms with Gasteiger partial charge in [-0.25, -0.2) is 0 Å². The second-order valence-electron chi connectivity index (χ2n) is 7.52. The smallest absolute Gasteiger partial charge is 0.231 e. The van der Waals surface area contributed by atoms with Gasteiger partial charge in [0.05, 0.1) is 5.75 Å². The fraction of sp³-hybridized carbons (Fsp3) is 0.120. The van der Waals surface area contributed by atoms with E-state index in [2.05, 4.69) is 15.5 Å². The van der Waals surface area contributed by atoms with Gasteiger partial charge in [0.15, 0.2) is 28.3 Å². The first-order valence-corrected chi connectivity index (χ1v) is 11.5. The number of benzene rings is 3. The van der Waals surface area contributed by atoms with Gasteiger partial charge < -0.3 is 14.8 Å². The largest absolute Gasteiger partial charge is 0.454 e. The maximum atomic E-state index is 12.8. The molecule has 170 valence electrons. The van der Waals surface area contributed by atoms with Crippen LogP contribution in [-0.2, 0) is 4.79 Å². The number of para-hydroxylation sites is 1. The van der Waals surface area contributed by atoms with Crippen LogP contribution in [0.25, 0.3) is 17.1 Å². The van der Waals surface area contributed by atoms with Crippen LogP contribution in [0, 0.1) is 0 Å². The van der Waals surface area contributed by atoms with Crippen molar-refractivity contribution in [1.29, 1.82) is 0 Å². The summed E-state index contributed by atoms with van der Waals surface area (Å²) < 4.78 is 12.9. The monoisotopic (exact) mass is 472 g/mol. The highest BCUT2D eigenvalue weighted by Crippen LogP contribution is 2.37. The summed E-state index contributed by atoms with van der Waals surface area (Å²) in [5, 5.41) is 12.1. The first kappa shape index (κ1) is 21.7. The number of fused-ring (bicyclic) bond motifs is 1. The third kappa shape index (κ3) is 4.51. The number of Topliss-reactive ketones (excluding diaryl/α,β-unsaturated/α-hetero) is 1. The van der Waals surface area contributed by atoms with Crippen molar-refractivity contribution < 1.29 is 19.1 Å². The van der Waals surface area contributed by atoms with Gasteiger partial charge in [0.1, 0.15) is 0 Å². The quantitative estimate of drug-likeness (QED) is 0.310. The fourth-order valence-corrected chi connectivity index (χ4v) is 4.40. The first-order valence-electron chi connectivity index (χ1n) is 10.5. The number of hydrogen-bond acceptors (Lipinski definition) is 7. The van der Waals surface area contributed by atoms with Crippen molar-refractivity contribution in [2.45, 2.75) is 12.1 Å². The second kappa shape index (κ2) is 9.40. The molecule has 0 bridgehead atoms. The lowest BCUT2D eigenvalue weighted by molar-refractivity contribution is -0.114. The number of anilines is 1. The van der Waals surface area contributed by atoms with E-state index >= 15 is 0 Å². The fourth-order valence-electron chi connectivity index (χ4n) is 3.55. The minimum atomic E-state index is -0.159. The average molecular weight is 473 g/mol. The lowest BCUT2D eigenvalue weighted by atomic mass is 10.1. The van der Waals surface area contributed by atoms with Gasteiger partial charge in [0.2, 0.25) is 12.7 Å². The normalized spacial score (nSPS) is 11.9. The van der Waals surface area contributed by atoms with Crippen molar-refractivity contribution in [3.05, 3.63) is 78.4 Å². The molecule has 4 aromatic rings. The maximum absolute atomic E-state index is 12.8. The minimum Gasteiger partial charge on any atom is -0.454 e. The molecule has 2 heterocycles. The van der Waals surface area contributed by atoms with Crippen LogP contribution in [-0.4, -0.2) is 39.0 Å². The summed E-state index contributed by atoms with van der Waals surface area (Å²) in [5.74, 6) is 1.97. The molecule has 1 aliphatic rings. The molecule has 0 aliphatic carbocycles. The van der Waals surface area contributed by atoms with Crippen molar-refractivity contribution in [1.82, 2.24) is 14.8 Å². The van der Waals surface area contributed by atoms with Crippen molar-refractivity contribution in [3.8, 4) is 28.6 Å². The van der Waals surface area contributed by atoms with Crippen LogP contribution in [0.1, 0.15) is 17.3 Å². The molecule has 0 spiro atoms. The number of carbonyl (C=O) groups excluding carboxylic acids is 2. The summed E-state index contributed by atoms with van der Waals surface area (Å²) in [6.45, 7) is 1.63. The van der Waals surface area contributed by atoms with E-state index < -0.39 is 0 Å². The molecule has 8 nitrogen and oxygen atoms in total. The van der Waals surface area contributed by atoms with Crippen molar-refractivity contribution in [2.75, 3.05) is 17.9 Å². The SMILES string of the molecule is CC(=O)Nc1ccc(C(=O)CSc2nnc(-c3ccc4c(c3)OCO4)n2-c2ccccc2)cc1. The summed E-state index contributed by atoms with van der Waals surface area (Å²) in [4.78, 5) is 24.0. The lowest BCUT2D eigenvalue weighted by Gasteiger charge is -2.10. The molecule has 9 heteroatoms. The summed E-state index contributed by atoms with van der Waals surface area (Å²) in [7, 11) is 0. The van der Waals surface area contributed by atoms with E-state index in [-0.39, 0.29) is 24.2 Å². The number of carbonyl (C=O) groups is 2. The van der Waals surface area contributed by atoms with Crippen molar-refractivity contribution in [3.63, 3.8) is 0 Å². The molecule has 34 heavy (non-hydrogen) atoms. The third-order valence-electron chi connectivity index (χ3n) is 5.14. The highest BCUT2D eigenvalue weighted by molar-refractivity contribution is 7.99. The Morgan fingerprint density at radius 3 is 2.50 bits per heavy atom.